The van der Waals surface area contributed by atoms with Crippen LogP contribution in [-0.4, -0.2) is 18.6 Å². The predicted octanol–water partition coefficient (Wildman–Crippen LogP) is -0.505. The van der Waals surface area contributed by atoms with Crippen LogP contribution in [0, 0.1) is 5.92 Å². The van der Waals surface area contributed by atoms with Crippen LogP contribution in [0.15, 0.2) is 0 Å². The van der Waals surface area contributed by atoms with Crippen molar-refractivity contribution in [2.75, 3.05) is 13.1 Å². The molecule has 0 saturated heterocycles. The highest BCUT2D eigenvalue weighted by atomic mass is 16.0. The third kappa shape index (κ3) is 7.88. The number of nitrogens with two attached hydrogens (primary N) is 2. The fourth-order valence-electron chi connectivity index (χ4n) is 0.584. The zero-order valence-corrected chi connectivity index (χ0v) is 6.06. The average molecular weight is 134 g/mol. The maximum absolute atomic E-state index is 5.37. The molecule has 1 unspecified atom stereocenters. The predicted molar refractivity (Wildman–Crippen MR) is 40.1 cm³/mol. The summed E-state index contributed by atoms with van der Waals surface area (Å²) in [7, 11) is 0. The van der Waals surface area contributed by atoms with Gasteiger partial charge in [-0.25, -0.2) is 0 Å². The Morgan fingerprint density at radius 3 is 2.22 bits per heavy atom. The highest BCUT2D eigenvalue weighted by Crippen LogP contribution is 2.00. The topological polar surface area (TPSA) is 83.5 Å². The molecule has 0 aromatic carbocycles. The van der Waals surface area contributed by atoms with E-state index in [-0.39, 0.29) is 5.48 Å². The molecule has 3 heteroatoms. The molecule has 6 N–H and O–H groups in total. The van der Waals surface area contributed by atoms with Crippen LogP contribution in [0.3, 0.4) is 0 Å². The Morgan fingerprint density at radius 1 is 1.33 bits per heavy atom. The normalized spacial score (nSPS) is 12.3. The molecule has 3 nitrogen and oxygen atoms in total. The Bertz CT molecular complexity index is 50.3. The lowest BCUT2D eigenvalue weighted by Gasteiger charge is -2.04. The van der Waals surface area contributed by atoms with E-state index >= 15 is 0 Å². The van der Waals surface area contributed by atoms with Gasteiger partial charge in [-0.05, 0) is 31.8 Å². The Balaban J connectivity index is 0. The Kier molecular flexibility index (Phi) is 10.2. The van der Waals surface area contributed by atoms with Crippen molar-refractivity contribution in [2.24, 2.45) is 17.4 Å². The lowest BCUT2D eigenvalue weighted by atomic mass is 10.1. The van der Waals surface area contributed by atoms with Gasteiger partial charge in [-0.3, -0.25) is 0 Å². The molecular formula is C6H18N2O. The molecule has 1 atom stereocenters. The molecule has 0 bridgehead atoms. The van der Waals surface area contributed by atoms with E-state index in [0.29, 0.717) is 5.92 Å². The molecule has 0 amide bonds. The number of rotatable bonds is 4. The van der Waals surface area contributed by atoms with Gasteiger partial charge in [0.2, 0.25) is 0 Å². The van der Waals surface area contributed by atoms with Gasteiger partial charge >= 0.3 is 0 Å². The average Bonchev–Trinajstić information content (AvgIpc) is 1.83. The SMILES string of the molecule is CC(CN)CCCN.O. The van der Waals surface area contributed by atoms with Crippen LogP contribution in [0.2, 0.25) is 0 Å². The van der Waals surface area contributed by atoms with Crippen molar-refractivity contribution in [3.63, 3.8) is 0 Å². The first-order valence-electron chi connectivity index (χ1n) is 3.21. The van der Waals surface area contributed by atoms with Gasteiger partial charge in [0.25, 0.3) is 0 Å². The molecule has 0 aromatic rings. The first-order chi connectivity index (χ1) is 3.81. The molecule has 9 heavy (non-hydrogen) atoms. The third-order valence-corrected chi connectivity index (χ3v) is 1.30. The van der Waals surface area contributed by atoms with Gasteiger partial charge in [0, 0.05) is 0 Å². The maximum Gasteiger partial charge on any atom is -0.00515 e. The van der Waals surface area contributed by atoms with Crippen molar-refractivity contribution in [3.05, 3.63) is 0 Å². The summed E-state index contributed by atoms with van der Waals surface area (Å²) >= 11 is 0. The van der Waals surface area contributed by atoms with Crippen LogP contribution >= 0.6 is 0 Å². The highest BCUT2D eigenvalue weighted by Gasteiger charge is 1.95. The van der Waals surface area contributed by atoms with E-state index in [4.69, 9.17) is 11.5 Å². The zero-order chi connectivity index (χ0) is 6.41. The van der Waals surface area contributed by atoms with Crippen molar-refractivity contribution in [1.82, 2.24) is 0 Å². The minimum atomic E-state index is 0. The summed E-state index contributed by atoms with van der Waals surface area (Å²) in [5.74, 6) is 0.651. The molecule has 0 aliphatic carbocycles. The van der Waals surface area contributed by atoms with Crippen LogP contribution in [-0.2, 0) is 0 Å². The van der Waals surface area contributed by atoms with Crippen molar-refractivity contribution in [3.8, 4) is 0 Å². The van der Waals surface area contributed by atoms with Gasteiger partial charge in [-0.1, -0.05) is 6.92 Å². The van der Waals surface area contributed by atoms with Crippen molar-refractivity contribution in [1.29, 1.82) is 0 Å². The second-order valence-corrected chi connectivity index (χ2v) is 2.27. The van der Waals surface area contributed by atoms with E-state index in [0.717, 1.165) is 19.5 Å². The van der Waals surface area contributed by atoms with E-state index < -0.39 is 0 Å². The molecule has 0 radical (unpaired) electrons. The van der Waals surface area contributed by atoms with E-state index in [9.17, 15) is 0 Å². The standard InChI is InChI=1S/C6H16N2.H2O/c1-6(5-8)3-2-4-7;/h6H,2-5,7-8H2,1H3;1H2. The highest BCUT2D eigenvalue weighted by molar-refractivity contribution is 4.52. The van der Waals surface area contributed by atoms with Gasteiger partial charge in [0.05, 0.1) is 0 Å². The van der Waals surface area contributed by atoms with Gasteiger partial charge < -0.3 is 16.9 Å². The lowest BCUT2D eigenvalue weighted by molar-refractivity contribution is 0.525. The zero-order valence-electron chi connectivity index (χ0n) is 6.06. The Morgan fingerprint density at radius 2 is 1.89 bits per heavy atom. The molecule has 0 aliphatic heterocycles. The smallest absolute Gasteiger partial charge is 0.00515 e. The van der Waals surface area contributed by atoms with E-state index in [1.807, 2.05) is 0 Å². The summed E-state index contributed by atoms with van der Waals surface area (Å²) in [5, 5.41) is 0. The summed E-state index contributed by atoms with van der Waals surface area (Å²) in [4.78, 5) is 0. The van der Waals surface area contributed by atoms with Crippen molar-refractivity contribution in [2.45, 2.75) is 19.8 Å². The first-order valence-corrected chi connectivity index (χ1v) is 3.21. The molecule has 0 fully saturated rings. The van der Waals surface area contributed by atoms with Crippen LogP contribution in [0.25, 0.3) is 0 Å². The van der Waals surface area contributed by atoms with Crippen LogP contribution in [0.5, 0.6) is 0 Å². The van der Waals surface area contributed by atoms with Crippen LogP contribution in [0.1, 0.15) is 19.8 Å². The summed E-state index contributed by atoms with van der Waals surface area (Å²) in [6.45, 7) is 3.74. The van der Waals surface area contributed by atoms with Gasteiger partial charge in [0.1, 0.15) is 0 Å². The second-order valence-electron chi connectivity index (χ2n) is 2.27. The number of hydrogen-bond donors (Lipinski definition) is 2. The number of hydrogen-bond acceptors (Lipinski definition) is 2. The Hall–Kier alpha value is -0.120. The molecule has 0 saturated carbocycles. The second kappa shape index (κ2) is 7.88. The van der Waals surface area contributed by atoms with E-state index in [1.54, 1.807) is 0 Å². The summed E-state index contributed by atoms with van der Waals surface area (Å²) in [5.41, 5.74) is 10.7. The van der Waals surface area contributed by atoms with E-state index in [2.05, 4.69) is 6.92 Å². The third-order valence-electron chi connectivity index (χ3n) is 1.30. The summed E-state index contributed by atoms with van der Waals surface area (Å²) in [6, 6.07) is 0. The van der Waals surface area contributed by atoms with Crippen LogP contribution in [0.4, 0.5) is 0 Å². The summed E-state index contributed by atoms with van der Waals surface area (Å²) < 4.78 is 0. The molecule has 58 valence electrons. The van der Waals surface area contributed by atoms with E-state index in [1.165, 1.54) is 6.42 Å². The first kappa shape index (κ1) is 11.6. The molecule has 0 heterocycles. The molecule has 0 aliphatic rings. The van der Waals surface area contributed by atoms with Gasteiger partial charge in [-0.2, -0.15) is 0 Å². The fraction of sp³-hybridized carbons (Fsp3) is 1.00. The molecule has 0 spiro atoms. The minimum Gasteiger partial charge on any atom is -0.412 e. The van der Waals surface area contributed by atoms with Crippen LogP contribution < -0.4 is 11.5 Å². The lowest BCUT2D eigenvalue weighted by Crippen LogP contribution is -2.12. The molecule has 0 rings (SSSR count). The minimum absolute atomic E-state index is 0. The van der Waals surface area contributed by atoms with Gasteiger partial charge in [0.15, 0.2) is 0 Å². The van der Waals surface area contributed by atoms with Crippen molar-refractivity contribution < 1.29 is 5.48 Å². The molecule has 0 aromatic heterocycles. The Labute approximate surface area is 56.7 Å². The van der Waals surface area contributed by atoms with Crippen molar-refractivity contribution >= 4 is 0 Å². The quantitative estimate of drug-likeness (QED) is 0.543. The largest absolute Gasteiger partial charge is 0.412 e. The molecular weight excluding hydrogens is 116 g/mol. The maximum atomic E-state index is 5.37. The monoisotopic (exact) mass is 134 g/mol. The van der Waals surface area contributed by atoms with Gasteiger partial charge in [-0.15, -0.1) is 0 Å². The fourth-order valence-corrected chi connectivity index (χ4v) is 0.584. The summed E-state index contributed by atoms with van der Waals surface area (Å²) in [6.07, 6.45) is 2.28.